The maximum Gasteiger partial charge on any atom is 0.0725 e. The van der Waals surface area contributed by atoms with Gasteiger partial charge in [0.1, 0.15) is 0 Å². The Balaban J connectivity index is 1.76. The summed E-state index contributed by atoms with van der Waals surface area (Å²) in [5.41, 5.74) is 10.3. The zero-order valence-corrected chi connectivity index (χ0v) is 16.9. The lowest BCUT2D eigenvalue weighted by Gasteiger charge is -2.30. The Morgan fingerprint density at radius 1 is 0.500 bits per heavy atom. The molecule has 0 saturated carbocycles. The van der Waals surface area contributed by atoms with Crippen molar-refractivity contribution in [3.63, 3.8) is 0 Å². The second-order valence-electron chi connectivity index (χ2n) is 8.24. The van der Waals surface area contributed by atoms with Gasteiger partial charge in [-0.25, -0.2) is 0 Å². The molecular weight excluding hydrogens is 384 g/mol. The summed E-state index contributed by atoms with van der Waals surface area (Å²) in [5, 5.41) is 3.33. The van der Waals surface area contributed by atoms with Crippen LogP contribution in [-0.2, 0) is 5.41 Å². The van der Waals surface area contributed by atoms with Gasteiger partial charge in [-0.3, -0.25) is 0 Å². The molecule has 0 radical (unpaired) electrons. The van der Waals surface area contributed by atoms with Crippen molar-refractivity contribution >= 4 is 22.4 Å². The lowest BCUT2D eigenvalue weighted by atomic mass is 9.70. The van der Waals surface area contributed by atoms with E-state index in [-0.39, 0.29) is 5.41 Å². The fourth-order valence-corrected chi connectivity index (χ4v) is 6.06. The van der Waals surface area contributed by atoms with Crippen LogP contribution in [0.15, 0.2) is 103 Å². The first-order valence-electron chi connectivity index (χ1n) is 10.3. The monoisotopic (exact) mass is 400 g/mol. The van der Waals surface area contributed by atoms with E-state index in [1.165, 1.54) is 55.3 Å². The van der Waals surface area contributed by atoms with Crippen LogP contribution in [0.3, 0.4) is 0 Å². The van der Waals surface area contributed by atoms with E-state index in [1.54, 1.807) is 0 Å². The molecule has 0 heterocycles. The van der Waals surface area contributed by atoms with Crippen LogP contribution in [0.2, 0.25) is 5.02 Å². The lowest BCUT2D eigenvalue weighted by Crippen LogP contribution is -2.25. The summed E-state index contributed by atoms with van der Waals surface area (Å²) >= 11 is 6.54. The minimum atomic E-state index is -0.299. The van der Waals surface area contributed by atoms with Gasteiger partial charge < -0.3 is 0 Å². The molecule has 0 amide bonds. The molecule has 7 rings (SSSR count). The van der Waals surface area contributed by atoms with Gasteiger partial charge in [-0.15, -0.1) is 0 Å². The standard InChI is InChI=1S/C29H17Cl/c30-19-14-16-26-23(17-19)28-20-8-2-1-7-18(20)13-15-27(28)29(26)24-11-5-3-9-21(24)22-10-4-6-12-25(22)29/h1-17H. The molecule has 2 aliphatic rings. The SMILES string of the molecule is Clc1ccc2c(c1)-c1c(ccc3ccccc13)C21c2ccccc2-c2ccccc21. The molecule has 0 unspecified atom stereocenters. The summed E-state index contributed by atoms with van der Waals surface area (Å²) in [7, 11) is 0. The van der Waals surface area contributed by atoms with Gasteiger partial charge in [0.25, 0.3) is 0 Å². The number of rotatable bonds is 0. The molecule has 0 nitrogen and oxygen atoms in total. The normalized spacial score (nSPS) is 14.4. The predicted molar refractivity (Wildman–Crippen MR) is 125 cm³/mol. The second kappa shape index (κ2) is 5.62. The van der Waals surface area contributed by atoms with Crippen molar-refractivity contribution in [2.45, 2.75) is 5.41 Å². The quantitative estimate of drug-likeness (QED) is 0.243. The summed E-state index contributed by atoms with van der Waals surface area (Å²) in [6.45, 7) is 0. The van der Waals surface area contributed by atoms with Crippen LogP contribution < -0.4 is 0 Å². The highest BCUT2D eigenvalue weighted by Crippen LogP contribution is 2.63. The highest BCUT2D eigenvalue weighted by Gasteiger charge is 2.51. The fourth-order valence-electron chi connectivity index (χ4n) is 5.89. The van der Waals surface area contributed by atoms with Crippen molar-refractivity contribution in [2.75, 3.05) is 0 Å². The van der Waals surface area contributed by atoms with Crippen molar-refractivity contribution in [3.05, 3.63) is 130 Å². The molecule has 2 aliphatic carbocycles. The number of benzene rings is 5. The minimum absolute atomic E-state index is 0.299. The first-order chi connectivity index (χ1) is 14.8. The Bertz CT molecular complexity index is 1460. The van der Waals surface area contributed by atoms with E-state index >= 15 is 0 Å². The van der Waals surface area contributed by atoms with E-state index in [2.05, 4.69) is 97.1 Å². The van der Waals surface area contributed by atoms with E-state index in [0.29, 0.717) is 0 Å². The van der Waals surface area contributed by atoms with E-state index in [9.17, 15) is 0 Å². The van der Waals surface area contributed by atoms with Crippen LogP contribution in [-0.4, -0.2) is 0 Å². The Labute approximate surface area is 180 Å². The van der Waals surface area contributed by atoms with Gasteiger partial charge in [-0.2, -0.15) is 0 Å². The first kappa shape index (κ1) is 16.4. The predicted octanol–water partition coefficient (Wildman–Crippen LogP) is 7.84. The van der Waals surface area contributed by atoms with Crippen LogP contribution in [0.25, 0.3) is 33.0 Å². The zero-order valence-electron chi connectivity index (χ0n) is 16.2. The number of fused-ring (bicyclic) bond motifs is 12. The maximum absolute atomic E-state index is 6.54. The van der Waals surface area contributed by atoms with Crippen molar-refractivity contribution in [1.29, 1.82) is 0 Å². The molecule has 0 saturated heterocycles. The summed E-state index contributed by atoms with van der Waals surface area (Å²) in [5.74, 6) is 0. The molecule has 0 bridgehead atoms. The summed E-state index contributed by atoms with van der Waals surface area (Å²) < 4.78 is 0. The van der Waals surface area contributed by atoms with Crippen LogP contribution in [0.5, 0.6) is 0 Å². The van der Waals surface area contributed by atoms with Gasteiger partial charge in [0.2, 0.25) is 0 Å². The molecule has 140 valence electrons. The van der Waals surface area contributed by atoms with Gasteiger partial charge in [-0.05, 0) is 67.4 Å². The van der Waals surface area contributed by atoms with Crippen LogP contribution >= 0.6 is 11.6 Å². The molecule has 0 atom stereocenters. The second-order valence-corrected chi connectivity index (χ2v) is 8.68. The minimum Gasteiger partial charge on any atom is -0.0843 e. The molecule has 1 spiro atoms. The van der Waals surface area contributed by atoms with Gasteiger partial charge in [0.15, 0.2) is 0 Å². The molecule has 5 aromatic carbocycles. The molecule has 0 aliphatic heterocycles. The third-order valence-electron chi connectivity index (χ3n) is 6.94. The van der Waals surface area contributed by atoms with Crippen molar-refractivity contribution in [1.82, 2.24) is 0 Å². The smallest absolute Gasteiger partial charge is 0.0725 e. The van der Waals surface area contributed by atoms with E-state index < -0.39 is 0 Å². The third kappa shape index (κ3) is 1.79. The van der Waals surface area contributed by atoms with E-state index in [4.69, 9.17) is 11.6 Å². The van der Waals surface area contributed by atoms with Crippen molar-refractivity contribution in [3.8, 4) is 22.3 Å². The third-order valence-corrected chi connectivity index (χ3v) is 7.18. The number of halogens is 1. The average molecular weight is 401 g/mol. The lowest BCUT2D eigenvalue weighted by molar-refractivity contribution is 0.794. The Kier molecular flexibility index (Phi) is 3.08. The van der Waals surface area contributed by atoms with E-state index in [0.717, 1.165) is 5.02 Å². The number of hydrogen-bond acceptors (Lipinski definition) is 0. The zero-order chi connectivity index (χ0) is 19.9. The van der Waals surface area contributed by atoms with Gasteiger partial charge in [-0.1, -0.05) is 103 Å². The Morgan fingerprint density at radius 3 is 1.87 bits per heavy atom. The largest absolute Gasteiger partial charge is 0.0843 e. The highest BCUT2D eigenvalue weighted by atomic mass is 35.5. The highest BCUT2D eigenvalue weighted by molar-refractivity contribution is 6.31. The molecule has 5 aromatic rings. The molecular formula is C29H17Cl. The fraction of sp³-hybridized carbons (Fsp3) is 0.0345. The Morgan fingerprint density at radius 2 is 1.10 bits per heavy atom. The van der Waals surface area contributed by atoms with Crippen LogP contribution in [0.4, 0.5) is 0 Å². The van der Waals surface area contributed by atoms with Crippen molar-refractivity contribution in [2.24, 2.45) is 0 Å². The summed E-state index contributed by atoms with van der Waals surface area (Å²) in [4.78, 5) is 0. The van der Waals surface area contributed by atoms with Gasteiger partial charge in [0.05, 0.1) is 5.41 Å². The first-order valence-corrected chi connectivity index (χ1v) is 10.7. The molecule has 0 N–H and O–H groups in total. The van der Waals surface area contributed by atoms with Crippen molar-refractivity contribution < 1.29 is 0 Å². The molecule has 0 aromatic heterocycles. The molecule has 0 fully saturated rings. The molecule has 1 heteroatoms. The average Bonchev–Trinajstić information content (AvgIpc) is 3.26. The van der Waals surface area contributed by atoms with Gasteiger partial charge >= 0.3 is 0 Å². The topological polar surface area (TPSA) is 0 Å². The van der Waals surface area contributed by atoms with E-state index in [1.807, 2.05) is 6.07 Å². The van der Waals surface area contributed by atoms with Gasteiger partial charge in [0, 0.05) is 5.02 Å². The summed E-state index contributed by atoms with van der Waals surface area (Å²) in [6.07, 6.45) is 0. The molecule has 30 heavy (non-hydrogen) atoms. The van der Waals surface area contributed by atoms with Crippen LogP contribution in [0, 0.1) is 0 Å². The van der Waals surface area contributed by atoms with Crippen LogP contribution in [0.1, 0.15) is 22.3 Å². The summed E-state index contributed by atoms with van der Waals surface area (Å²) in [6, 6.07) is 37.5. The number of hydrogen-bond donors (Lipinski definition) is 0. The maximum atomic E-state index is 6.54. The Hall–Kier alpha value is -3.35.